The molecule has 0 saturated carbocycles. The summed E-state index contributed by atoms with van der Waals surface area (Å²) in [4.78, 5) is 0. The van der Waals surface area contributed by atoms with Gasteiger partial charge in [-0.3, -0.25) is 0 Å². The molecule has 9 heavy (non-hydrogen) atoms. The standard InChI is InChI=1S/C6H16BNO/c1-4-8-6-5-7(2)9-3/h8H,4-6H2,1-3H3. The molecule has 1 N–H and O–H groups in total. The maximum Gasteiger partial charge on any atom is 0.290 e. The Morgan fingerprint density at radius 3 is 2.67 bits per heavy atom. The summed E-state index contributed by atoms with van der Waals surface area (Å²) in [5.41, 5.74) is 0. The summed E-state index contributed by atoms with van der Waals surface area (Å²) in [6.07, 6.45) is 1.10. The van der Waals surface area contributed by atoms with Crippen LogP contribution in [0.1, 0.15) is 6.92 Å². The van der Waals surface area contributed by atoms with E-state index in [1.807, 2.05) is 0 Å². The van der Waals surface area contributed by atoms with Crippen LogP contribution in [0.4, 0.5) is 0 Å². The third-order valence-electron chi connectivity index (χ3n) is 1.38. The number of nitrogens with one attached hydrogen (secondary N) is 1. The van der Waals surface area contributed by atoms with Crippen LogP contribution >= 0.6 is 0 Å². The van der Waals surface area contributed by atoms with Crippen molar-refractivity contribution in [1.29, 1.82) is 0 Å². The SMILES string of the molecule is CCNCCB(C)OC. The zero-order chi connectivity index (χ0) is 7.11. The van der Waals surface area contributed by atoms with Crippen molar-refractivity contribution in [3.05, 3.63) is 0 Å². The second-order valence-corrected chi connectivity index (χ2v) is 2.19. The number of hydrogen-bond donors (Lipinski definition) is 1. The predicted molar refractivity (Wildman–Crippen MR) is 42.0 cm³/mol. The minimum absolute atomic E-state index is 0.393. The Kier molecular flexibility index (Phi) is 6.10. The number of rotatable bonds is 5. The largest absolute Gasteiger partial charge is 0.439 e. The molecule has 0 aliphatic heterocycles. The van der Waals surface area contributed by atoms with Crippen molar-refractivity contribution in [2.45, 2.75) is 20.1 Å². The van der Waals surface area contributed by atoms with Crippen molar-refractivity contribution < 1.29 is 4.65 Å². The van der Waals surface area contributed by atoms with Crippen molar-refractivity contribution >= 4 is 6.92 Å². The van der Waals surface area contributed by atoms with Crippen molar-refractivity contribution in [1.82, 2.24) is 5.32 Å². The lowest BCUT2D eigenvalue weighted by atomic mass is 9.68. The average molecular weight is 129 g/mol. The molecule has 2 nitrogen and oxygen atoms in total. The average Bonchev–Trinajstić information content (AvgIpc) is 1.89. The lowest BCUT2D eigenvalue weighted by molar-refractivity contribution is 0.422. The van der Waals surface area contributed by atoms with Gasteiger partial charge in [0.05, 0.1) is 0 Å². The van der Waals surface area contributed by atoms with Crippen molar-refractivity contribution in [2.75, 3.05) is 20.2 Å². The van der Waals surface area contributed by atoms with E-state index in [0.29, 0.717) is 6.92 Å². The highest BCUT2D eigenvalue weighted by molar-refractivity contribution is 6.50. The molecular weight excluding hydrogens is 113 g/mol. The highest BCUT2D eigenvalue weighted by Crippen LogP contribution is 1.88. The molecular formula is C6H16BNO. The molecule has 0 spiro atoms. The van der Waals surface area contributed by atoms with Gasteiger partial charge in [0.15, 0.2) is 0 Å². The Morgan fingerprint density at radius 2 is 2.22 bits per heavy atom. The van der Waals surface area contributed by atoms with Gasteiger partial charge in [-0.25, -0.2) is 0 Å². The van der Waals surface area contributed by atoms with Crippen molar-refractivity contribution in [3.8, 4) is 0 Å². The summed E-state index contributed by atoms with van der Waals surface area (Å²) in [6.45, 7) is 6.69. The lowest BCUT2D eigenvalue weighted by Crippen LogP contribution is -2.21. The summed E-state index contributed by atoms with van der Waals surface area (Å²) in [7, 11) is 1.75. The highest BCUT2D eigenvalue weighted by atomic mass is 16.4. The molecule has 0 bridgehead atoms. The van der Waals surface area contributed by atoms with Crippen molar-refractivity contribution in [3.63, 3.8) is 0 Å². The van der Waals surface area contributed by atoms with E-state index in [9.17, 15) is 0 Å². The maximum atomic E-state index is 5.06. The van der Waals surface area contributed by atoms with Gasteiger partial charge in [0, 0.05) is 7.11 Å². The highest BCUT2D eigenvalue weighted by Gasteiger charge is 2.02. The molecule has 0 rings (SSSR count). The topological polar surface area (TPSA) is 21.3 Å². The van der Waals surface area contributed by atoms with Crippen LogP contribution < -0.4 is 5.32 Å². The Hall–Kier alpha value is -0.0151. The molecule has 3 heteroatoms. The fourth-order valence-corrected chi connectivity index (χ4v) is 0.600. The van der Waals surface area contributed by atoms with Gasteiger partial charge >= 0.3 is 0 Å². The van der Waals surface area contributed by atoms with Crippen LogP contribution in [0, 0.1) is 0 Å². The Labute approximate surface area is 58.1 Å². The first-order chi connectivity index (χ1) is 4.31. The quantitative estimate of drug-likeness (QED) is 0.439. The Bertz CT molecular complexity index is 61.0. The van der Waals surface area contributed by atoms with E-state index in [1.165, 1.54) is 0 Å². The third kappa shape index (κ3) is 5.86. The van der Waals surface area contributed by atoms with Gasteiger partial charge in [-0.05, 0) is 19.4 Å². The molecule has 0 aromatic rings. The second kappa shape index (κ2) is 6.11. The summed E-state index contributed by atoms with van der Waals surface area (Å²) in [5.74, 6) is 0. The molecule has 0 atom stereocenters. The summed E-state index contributed by atoms with van der Waals surface area (Å²) >= 11 is 0. The fourth-order valence-electron chi connectivity index (χ4n) is 0.600. The smallest absolute Gasteiger partial charge is 0.290 e. The first kappa shape index (κ1) is 8.98. The summed E-state index contributed by atoms with van der Waals surface area (Å²) in [6, 6.07) is 0. The molecule has 0 heterocycles. The maximum absolute atomic E-state index is 5.06. The molecule has 0 fully saturated rings. The van der Waals surface area contributed by atoms with Gasteiger partial charge in [-0.1, -0.05) is 13.7 Å². The van der Waals surface area contributed by atoms with Gasteiger partial charge in [-0.15, -0.1) is 0 Å². The first-order valence-corrected chi connectivity index (χ1v) is 3.54. The molecule has 0 aliphatic carbocycles. The van der Waals surface area contributed by atoms with E-state index < -0.39 is 0 Å². The van der Waals surface area contributed by atoms with Gasteiger partial charge in [0.2, 0.25) is 0 Å². The van der Waals surface area contributed by atoms with Crippen molar-refractivity contribution in [2.24, 2.45) is 0 Å². The molecule has 0 saturated heterocycles. The number of hydrogen-bond acceptors (Lipinski definition) is 2. The monoisotopic (exact) mass is 129 g/mol. The molecule has 0 aromatic carbocycles. The molecule has 54 valence electrons. The van der Waals surface area contributed by atoms with Gasteiger partial charge in [0.1, 0.15) is 0 Å². The molecule has 0 aromatic heterocycles. The van der Waals surface area contributed by atoms with Crippen LogP contribution in [0.25, 0.3) is 0 Å². The van der Waals surface area contributed by atoms with Crippen LogP contribution in [-0.2, 0) is 4.65 Å². The second-order valence-electron chi connectivity index (χ2n) is 2.19. The van der Waals surface area contributed by atoms with Crippen LogP contribution in [0.3, 0.4) is 0 Å². The van der Waals surface area contributed by atoms with E-state index in [2.05, 4.69) is 19.1 Å². The Morgan fingerprint density at radius 1 is 1.56 bits per heavy atom. The third-order valence-corrected chi connectivity index (χ3v) is 1.38. The summed E-state index contributed by atoms with van der Waals surface area (Å²) < 4.78 is 5.06. The normalized spacial score (nSPS) is 9.67. The van der Waals surface area contributed by atoms with Crippen LogP contribution in [-0.4, -0.2) is 27.1 Å². The minimum Gasteiger partial charge on any atom is -0.439 e. The predicted octanol–water partition coefficient (Wildman–Crippen LogP) is 0.864. The minimum atomic E-state index is 0.393. The van der Waals surface area contributed by atoms with Gasteiger partial charge in [-0.2, -0.15) is 0 Å². The first-order valence-electron chi connectivity index (χ1n) is 3.54. The molecule has 0 radical (unpaired) electrons. The fraction of sp³-hybridized carbons (Fsp3) is 1.00. The van der Waals surface area contributed by atoms with Gasteiger partial charge in [0.25, 0.3) is 6.92 Å². The van der Waals surface area contributed by atoms with E-state index in [0.717, 1.165) is 19.4 Å². The van der Waals surface area contributed by atoms with Gasteiger partial charge < -0.3 is 9.97 Å². The van der Waals surface area contributed by atoms with E-state index in [-0.39, 0.29) is 0 Å². The van der Waals surface area contributed by atoms with E-state index >= 15 is 0 Å². The summed E-state index contributed by atoms with van der Waals surface area (Å²) in [5, 5.41) is 3.23. The van der Waals surface area contributed by atoms with Crippen LogP contribution in [0.5, 0.6) is 0 Å². The zero-order valence-corrected chi connectivity index (χ0v) is 6.61. The lowest BCUT2D eigenvalue weighted by Gasteiger charge is -2.04. The molecule has 0 amide bonds. The van der Waals surface area contributed by atoms with E-state index in [4.69, 9.17) is 4.65 Å². The van der Waals surface area contributed by atoms with Crippen LogP contribution in [0.2, 0.25) is 13.1 Å². The zero-order valence-electron chi connectivity index (χ0n) is 6.61. The molecule has 0 aliphatic rings. The van der Waals surface area contributed by atoms with E-state index in [1.54, 1.807) is 7.11 Å². The Balaban J connectivity index is 2.88. The molecule has 0 unspecified atom stereocenters. The van der Waals surface area contributed by atoms with Crippen LogP contribution in [0.15, 0.2) is 0 Å².